The Morgan fingerprint density at radius 2 is 2.43 bits per heavy atom. The van der Waals surface area contributed by atoms with Gasteiger partial charge in [0, 0.05) is 24.3 Å². The maximum absolute atomic E-state index is 12.3. The molecule has 2 aromatic rings. The monoisotopic (exact) mass is 324 g/mol. The van der Waals surface area contributed by atoms with E-state index in [1.807, 2.05) is 5.38 Å². The molecule has 3 rings (SSSR count). The summed E-state index contributed by atoms with van der Waals surface area (Å²) in [5.41, 5.74) is 0.574. The minimum atomic E-state index is -0.191. The van der Waals surface area contributed by atoms with Crippen molar-refractivity contribution in [3.8, 4) is 0 Å². The zero-order valence-electron chi connectivity index (χ0n) is 11.0. The molecule has 1 unspecified atom stereocenters. The number of carbonyl (C=O) groups is 1. The molecule has 3 heterocycles. The summed E-state index contributed by atoms with van der Waals surface area (Å²) in [6, 6.07) is 1.47. The Kier molecular flexibility index (Phi) is 4.33. The maximum Gasteiger partial charge on any atom is 0.322 e. The van der Waals surface area contributed by atoms with Gasteiger partial charge in [-0.05, 0) is 6.07 Å². The molecule has 21 heavy (non-hydrogen) atoms. The molecule has 1 N–H and O–H groups in total. The van der Waals surface area contributed by atoms with Gasteiger partial charge in [0.1, 0.15) is 11.1 Å². The topological polar surface area (TPSA) is 67.4 Å². The molecule has 0 bridgehead atoms. The number of nitrogens with one attached hydrogen (secondary N) is 1. The van der Waals surface area contributed by atoms with Crippen molar-refractivity contribution in [2.45, 2.75) is 6.10 Å². The minimum absolute atomic E-state index is 0.165. The van der Waals surface area contributed by atoms with Gasteiger partial charge in [-0.1, -0.05) is 11.6 Å². The van der Waals surface area contributed by atoms with Gasteiger partial charge in [0.15, 0.2) is 0 Å². The highest BCUT2D eigenvalue weighted by molar-refractivity contribution is 7.09. The van der Waals surface area contributed by atoms with Crippen molar-refractivity contribution >= 4 is 34.7 Å². The van der Waals surface area contributed by atoms with Crippen LogP contribution >= 0.6 is 22.9 Å². The highest BCUT2D eigenvalue weighted by Gasteiger charge is 2.26. The Hall–Kier alpha value is -1.70. The number of amides is 2. The molecule has 0 saturated carbocycles. The molecule has 2 amide bonds. The average Bonchev–Trinajstić information content (AvgIpc) is 3.02. The molecule has 1 aliphatic rings. The molecule has 1 atom stereocenters. The standard InChI is InChI=1S/C13H13ClN4O2S/c14-9-5-10(7-15-6-9)17-13(19)18-2-3-20-11(8-18)12-16-1-4-21-12/h1,4-7,11H,2-3,8H2,(H,17,19). The van der Waals surface area contributed by atoms with E-state index in [4.69, 9.17) is 16.3 Å². The second-order valence-corrected chi connectivity index (χ2v) is 5.86. The Morgan fingerprint density at radius 1 is 1.52 bits per heavy atom. The summed E-state index contributed by atoms with van der Waals surface area (Å²) in [5.74, 6) is 0. The predicted octanol–water partition coefficient (Wildman–Crippen LogP) is 2.80. The van der Waals surface area contributed by atoms with Gasteiger partial charge in [-0.2, -0.15) is 0 Å². The van der Waals surface area contributed by atoms with Gasteiger partial charge < -0.3 is 15.0 Å². The van der Waals surface area contributed by atoms with E-state index in [9.17, 15) is 4.79 Å². The molecule has 1 aliphatic heterocycles. The van der Waals surface area contributed by atoms with Crippen LogP contribution in [0.15, 0.2) is 30.0 Å². The van der Waals surface area contributed by atoms with Crippen molar-refractivity contribution in [3.05, 3.63) is 40.1 Å². The number of carbonyl (C=O) groups excluding carboxylic acids is 1. The summed E-state index contributed by atoms with van der Waals surface area (Å²) < 4.78 is 5.66. The van der Waals surface area contributed by atoms with Crippen LogP contribution in [0, 0.1) is 0 Å². The summed E-state index contributed by atoms with van der Waals surface area (Å²) in [6.07, 6.45) is 4.65. The van der Waals surface area contributed by atoms with Crippen molar-refractivity contribution in [3.63, 3.8) is 0 Å². The molecule has 2 aromatic heterocycles. The Labute approximate surface area is 130 Å². The summed E-state index contributed by atoms with van der Waals surface area (Å²) in [6.45, 7) is 1.51. The van der Waals surface area contributed by atoms with E-state index in [0.717, 1.165) is 5.01 Å². The van der Waals surface area contributed by atoms with Crippen LogP contribution in [0.3, 0.4) is 0 Å². The summed E-state index contributed by atoms with van der Waals surface area (Å²) in [4.78, 5) is 22.1. The first kappa shape index (κ1) is 14.2. The number of pyridine rings is 1. The zero-order chi connectivity index (χ0) is 14.7. The second-order valence-electron chi connectivity index (χ2n) is 4.50. The van der Waals surface area contributed by atoms with Crippen LogP contribution in [0.25, 0.3) is 0 Å². The molecule has 6 nitrogen and oxygen atoms in total. The van der Waals surface area contributed by atoms with E-state index in [0.29, 0.717) is 30.4 Å². The third-order valence-electron chi connectivity index (χ3n) is 3.04. The fourth-order valence-corrected chi connectivity index (χ4v) is 2.91. The number of thiazole rings is 1. The van der Waals surface area contributed by atoms with Gasteiger partial charge in [0.2, 0.25) is 0 Å². The Morgan fingerprint density at radius 3 is 3.19 bits per heavy atom. The van der Waals surface area contributed by atoms with Crippen LogP contribution in [0.5, 0.6) is 0 Å². The largest absolute Gasteiger partial charge is 0.367 e. The van der Waals surface area contributed by atoms with Crippen LogP contribution in [-0.4, -0.2) is 40.6 Å². The van der Waals surface area contributed by atoms with E-state index in [1.54, 1.807) is 23.4 Å². The van der Waals surface area contributed by atoms with Crippen molar-refractivity contribution in [2.24, 2.45) is 0 Å². The molecule has 8 heteroatoms. The molecule has 1 saturated heterocycles. The van der Waals surface area contributed by atoms with Gasteiger partial charge in [-0.15, -0.1) is 11.3 Å². The summed E-state index contributed by atoms with van der Waals surface area (Å²) in [7, 11) is 0. The first-order valence-electron chi connectivity index (χ1n) is 6.40. The number of rotatable bonds is 2. The lowest BCUT2D eigenvalue weighted by Crippen LogP contribution is -2.44. The number of anilines is 1. The fraction of sp³-hybridized carbons (Fsp3) is 0.308. The first-order chi connectivity index (χ1) is 10.2. The average molecular weight is 325 g/mol. The van der Waals surface area contributed by atoms with E-state index in [2.05, 4.69) is 15.3 Å². The van der Waals surface area contributed by atoms with Gasteiger partial charge in [-0.25, -0.2) is 9.78 Å². The van der Waals surface area contributed by atoms with E-state index in [1.165, 1.54) is 17.5 Å². The number of nitrogens with zero attached hydrogens (tertiary/aromatic N) is 3. The number of ether oxygens (including phenoxy) is 1. The SMILES string of the molecule is O=C(Nc1cncc(Cl)c1)N1CCOC(c2nccs2)C1. The van der Waals surface area contributed by atoms with Gasteiger partial charge in [0.05, 0.1) is 30.1 Å². The lowest BCUT2D eigenvalue weighted by atomic mass is 10.3. The van der Waals surface area contributed by atoms with Crippen LogP contribution < -0.4 is 5.32 Å². The van der Waals surface area contributed by atoms with E-state index in [-0.39, 0.29) is 12.1 Å². The number of hydrogen-bond acceptors (Lipinski definition) is 5. The van der Waals surface area contributed by atoms with E-state index >= 15 is 0 Å². The third-order valence-corrected chi connectivity index (χ3v) is 4.11. The van der Waals surface area contributed by atoms with Crippen LogP contribution in [-0.2, 0) is 4.74 Å². The quantitative estimate of drug-likeness (QED) is 0.922. The van der Waals surface area contributed by atoms with Crippen molar-refractivity contribution in [2.75, 3.05) is 25.0 Å². The molecule has 0 spiro atoms. The molecular formula is C13H13ClN4O2S. The summed E-state index contributed by atoms with van der Waals surface area (Å²) >= 11 is 7.38. The Balaban J connectivity index is 1.64. The van der Waals surface area contributed by atoms with Gasteiger partial charge in [-0.3, -0.25) is 4.98 Å². The molecular weight excluding hydrogens is 312 g/mol. The fourth-order valence-electron chi connectivity index (χ4n) is 2.06. The number of halogens is 1. The zero-order valence-corrected chi connectivity index (χ0v) is 12.6. The second kappa shape index (κ2) is 6.38. The van der Waals surface area contributed by atoms with Crippen molar-refractivity contribution in [1.82, 2.24) is 14.9 Å². The normalized spacial score (nSPS) is 18.5. The van der Waals surface area contributed by atoms with Gasteiger partial charge >= 0.3 is 6.03 Å². The van der Waals surface area contributed by atoms with Crippen LogP contribution in [0.1, 0.15) is 11.1 Å². The van der Waals surface area contributed by atoms with E-state index < -0.39 is 0 Å². The summed E-state index contributed by atoms with van der Waals surface area (Å²) in [5, 5.41) is 6.05. The lowest BCUT2D eigenvalue weighted by molar-refractivity contribution is -0.0135. The number of aromatic nitrogens is 2. The molecule has 0 aliphatic carbocycles. The van der Waals surface area contributed by atoms with Crippen LogP contribution in [0.4, 0.5) is 10.5 Å². The molecule has 110 valence electrons. The van der Waals surface area contributed by atoms with Gasteiger partial charge in [0.25, 0.3) is 0 Å². The maximum atomic E-state index is 12.3. The first-order valence-corrected chi connectivity index (χ1v) is 7.65. The highest BCUT2D eigenvalue weighted by atomic mass is 35.5. The predicted molar refractivity (Wildman–Crippen MR) is 80.6 cm³/mol. The smallest absolute Gasteiger partial charge is 0.322 e. The number of morpholine rings is 1. The minimum Gasteiger partial charge on any atom is -0.367 e. The molecule has 0 radical (unpaired) electrons. The Bertz CT molecular complexity index is 622. The number of hydrogen-bond donors (Lipinski definition) is 1. The molecule has 0 aromatic carbocycles. The van der Waals surface area contributed by atoms with Crippen molar-refractivity contribution < 1.29 is 9.53 Å². The van der Waals surface area contributed by atoms with Crippen LogP contribution in [0.2, 0.25) is 5.02 Å². The number of urea groups is 1. The highest BCUT2D eigenvalue weighted by Crippen LogP contribution is 2.24. The van der Waals surface area contributed by atoms with Crippen molar-refractivity contribution in [1.29, 1.82) is 0 Å². The molecule has 1 fully saturated rings. The lowest BCUT2D eigenvalue weighted by Gasteiger charge is -2.31. The third kappa shape index (κ3) is 3.49.